The Bertz CT molecular complexity index is 1370. The summed E-state index contributed by atoms with van der Waals surface area (Å²) in [5, 5.41) is 8.36. The van der Waals surface area contributed by atoms with Gasteiger partial charge in [-0.1, -0.05) is 0 Å². The second-order valence-corrected chi connectivity index (χ2v) is 11.8. The number of carbonyl (C=O) groups excluding carboxylic acids is 1. The van der Waals surface area contributed by atoms with Crippen molar-refractivity contribution < 1.29 is 30.0 Å². The molecule has 1 N–H and O–H groups in total. The van der Waals surface area contributed by atoms with E-state index in [1.54, 1.807) is 0 Å². The zero-order valence-corrected chi connectivity index (χ0v) is 26.3. The molecule has 0 bridgehead atoms. The molecule has 36 heavy (non-hydrogen) atoms. The Morgan fingerprint density at radius 2 is 1.64 bits per heavy atom. The maximum atomic E-state index is 10.0. The molecule has 2 aromatic carbocycles. The number of aromatic nitrogens is 1. The van der Waals surface area contributed by atoms with Crippen LogP contribution in [0.5, 0.6) is 0 Å². The van der Waals surface area contributed by atoms with Crippen molar-refractivity contribution in [3.8, 4) is 21.3 Å². The number of hydrogen-bond donors (Lipinski definition) is 1. The summed E-state index contributed by atoms with van der Waals surface area (Å²) >= 11 is 0.308. The Kier molecular flexibility index (Phi) is 10.6. The van der Waals surface area contributed by atoms with Crippen molar-refractivity contribution in [3.63, 3.8) is 0 Å². The van der Waals surface area contributed by atoms with Crippen LogP contribution in [0.2, 0.25) is 0 Å². The van der Waals surface area contributed by atoms with Gasteiger partial charge in [0.05, 0.1) is 5.76 Å². The molecule has 0 unspecified atom stereocenters. The number of aliphatic hydroxyl groups is 1. The molecule has 2 aromatic heterocycles. The molecule has 0 fully saturated rings. The molecule has 0 spiro atoms. The van der Waals surface area contributed by atoms with Gasteiger partial charge in [-0.3, -0.25) is 4.79 Å². The van der Waals surface area contributed by atoms with Crippen LogP contribution in [0, 0.1) is 33.8 Å². The zero-order chi connectivity index (χ0) is 25.9. The number of aliphatic hydroxyl groups excluding tert-OH is 1. The van der Waals surface area contributed by atoms with E-state index >= 15 is 0 Å². The Morgan fingerprint density at radius 1 is 1.00 bits per heavy atom. The van der Waals surface area contributed by atoms with E-state index in [0.717, 1.165) is 22.3 Å². The molecule has 2 heterocycles. The fourth-order valence-electron chi connectivity index (χ4n) is 4.24. The molecule has 4 aromatic rings. The normalized spacial score (nSPS) is 11.2. The Hall–Kier alpha value is -2.29. The van der Waals surface area contributed by atoms with Gasteiger partial charge < -0.3 is 5.11 Å². The number of pyridine rings is 1. The monoisotopic (exact) mass is 725 g/mol. The molecular weight excluding hydrogens is 690 g/mol. The van der Waals surface area contributed by atoms with E-state index in [9.17, 15) is 4.79 Å². The number of carbonyl (C=O) groups is 1. The van der Waals surface area contributed by atoms with E-state index in [2.05, 4.69) is 90.1 Å². The van der Waals surface area contributed by atoms with Crippen LogP contribution in [0.3, 0.4) is 0 Å². The van der Waals surface area contributed by atoms with Gasteiger partial charge in [0, 0.05) is 26.2 Å². The third-order valence-corrected chi connectivity index (χ3v) is 8.00. The fraction of sp³-hybridized carbons (Fsp3) is 0.290. The van der Waals surface area contributed by atoms with Crippen molar-refractivity contribution in [2.75, 3.05) is 0 Å². The quantitative estimate of drug-likeness (QED) is 0.101. The summed E-state index contributed by atoms with van der Waals surface area (Å²) in [6.45, 7) is 16.1. The molecule has 4 rings (SSSR count). The molecule has 0 saturated heterocycles. The predicted molar refractivity (Wildman–Crippen MR) is 148 cm³/mol. The first-order chi connectivity index (χ1) is 16.4. The van der Waals surface area contributed by atoms with Crippen LogP contribution in [0.4, 0.5) is 0 Å². The summed E-state index contributed by atoms with van der Waals surface area (Å²) < 4.78 is 2.82. The van der Waals surface area contributed by atoms with Crippen LogP contribution in [0.25, 0.3) is 31.0 Å². The van der Waals surface area contributed by atoms with E-state index < -0.39 is 0 Å². The molecule has 0 aliphatic carbocycles. The van der Waals surface area contributed by atoms with E-state index in [1.165, 1.54) is 56.4 Å². The summed E-state index contributed by atoms with van der Waals surface area (Å²) in [6, 6.07) is 19.2. The van der Waals surface area contributed by atoms with Gasteiger partial charge in [-0.25, -0.2) is 0 Å². The summed E-state index contributed by atoms with van der Waals surface area (Å²) in [5.41, 5.74) is 11.3. The Morgan fingerprint density at radius 3 is 2.14 bits per heavy atom. The van der Waals surface area contributed by atoms with E-state index in [0.29, 0.717) is 20.4 Å². The van der Waals surface area contributed by atoms with Crippen LogP contribution in [0.15, 0.2) is 54.3 Å². The Balaban J connectivity index is 0.000000503. The SMILES string of the molecule is CC(=O)/C=C(/C)O.Cc1[c-]c(-c2ccc3[se]c(-c4c(C)cc(C(C)C)cc4C)cc3n2)cc(C)c1.[Ir]. The second kappa shape index (κ2) is 12.8. The number of hydrogen-bond acceptors (Lipinski definition) is 3. The van der Waals surface area contributed by atoms with Gasteiger partial charge in [0.15, 0.2) is 5.78 Å². The van der Waals surface area contributed by atoms with Crippen LogP contribution in [-0.2, 0) is 24.9 Å². The smallest absolute Gasteiger partial charge is 0 e. The minimum atomic E-state index is -0.125. The summed E-state index contributed by atoms with van der Waals surface area (Å²) in [6.07, 6.45) is 1.17. The molecule has 0 amide bonds. The molecule has 0 atom stereocenters. The molecule has 3 nitrogen and oxygen atoms in total. The van der Waals surface area contributed by atoms with Gasteiger partial charge in [-0.05, 0) is 13.8 Å². The fourth-order valence-corrected chi connectivity index (χ4v) is 6.71. The van der Waals surface area contributed by atoms with Crippen molar-refractivity contribution >= 4 is 30.1 Å². The van der Waals surface area contributed by atoms with E-state index in [1.807, 2.05) is 0 Å². The van der Waals surface area contributed by atoms with E-state index in [4.69, 9.17) is 10.1 Å². The maximum Gasteiger partial charge on any atom is 0 e. The van der Waals surface area contributed by atoms with Gasteiger partial charge in [-0.2, -0.15) is 0 Å². The van der Waals surface area contributed by atoms with Gasteiger partial charge >= 0.3 is 174 Å². The van der Waals surface area contributed by atoms with Crippen molar-refractivity contribution in [1.29, 1.82) is 0 Å². The molecule has 1 radical (unpaired) electrons. The summed E-state index contributed by atoms with van der Waals surface area (Å²) in [4.78, 5) is 15.0. The minimum Gasteiger partial charge on any atom is 0 e. The molecule has 5 heteroatoms. The van der Waals surface area contributed by atoms with Crippen LogP contribution in [0.1, 0.15) is 61.4 Å². The van der Waals surface area contributed by atoms with Crippen molar-refractivity contribution in [2.24, 2.45) is 0 Å². The minimum absolute atomic E-state index is 0. The first-order valence-corrected chi connectivity index (χ1v) is 13.6. The summed E-state index contributed by atoms with van der Waals surface area (Å²) in [5.74, 6) is 0.498. The average Bonchev–Trinajstić information content (AvgIpc) is 3.14. The van der Waals surface area contributed by atoms with Gasteiger partial charge in [0.2, 0.25) is 0 Å². The van der Waals surface area contributed by atoms with Crippen molar-refractivity contribution in [2.45, 2.75) is 61.3 Å². The number of ketones is 1. The average molecular weight is 724 g/mol. The number of fused-ring (bicyclic) bond motifs is 1. The van der Waals surface area contributed by atoms with Crippen LogP contribution < -0.4 is 0 Å². The molecule has 191 valence electrons. The summed E-state index contributed by atoms with van der Waals surface area (Å²) in [7, 11) is 0. The molecule has 0 aliphatic heterocycles. The van der Waals surface area contributed by atoms with Gasteiger partial charge in [-0.15, -0.1) is 0 Å². The second-order valence-electron chi connectivity index (χ2n) is 9.53. The van der Waals surface area contributed by atoms with E-state index in [-0.39, 0.29) is 31.6 Å². The first-order valence-electron chi connectivity index (χ1n) is 11.9. The van der Waals surface area contributed by atoms with Gasteiger partial charge in [0.1, 0.15) is 0 Å². The zero-order valence-electron chi connectivity index (χ0n) is 22.2. The van der Waals surface area contributed by atoms with Crippen molar-refractivity contribution in [1.82, 2.24) is 4.98 Å². The Labute approximate surface area is 234 Å². The third kappa shape index (κ3) is 7.60. The third-order valence-electron chi connectivity index (χ3n) is 5.68. The first kappa shape index (κ1) is 29.9. The standard InChI is InChI=1S/C26H26NSe.C5H8O2.Ir/c1-15(2)20-12-18(5)26(19(6)13-20)25-14-23-24(28-25)8-7-22(27-23)21-10-16(3)9-17(4)11-21;1-4(6)3-5(2)7;/h7-10,12-15H,1-6H3;3,6H,1-2H3;/q-1;;/b;4-3-;. The number of rotatable bonds is 4. The number of aryl methyl sites for hydroxylation is 4. The number of nitrogens with zero attached hydrogens (tertiary/aromatic N) is 1. The molecular formula is C31H34IrNO2Se-. The van der Waals surface area contributed by atoms with Crippen molar-refractivity contribution in [3.05, 3.63) is 88.2 Å². The topological polar surface area (TPSA) is 50.2 Å². The number of benzene rings is 2. The van der Waals surface area contributed by atoms with Gasteiger partial charge in [0.25, 0.3) is 0 Å². The largest absolute Gasteiger partial charge is 0 e. The maximum absolute atomic E-state index is 10.0. The van der Waals surface area contributed by atoms with Crippen LogP contribution in [-0.4, -0.2) is 30.4 Å². The predicted octanol–water partition coefficient (Wildman–Crippen LogP) is 7.82. The molecule has 0 saturated carbocycles. The molecule has 0 aliphatic rings. The van der Waals surface area contributed by atoms with Crippen LogP contribution >= 0.6 is 0 Å². The number of allylic oxidation sites excluding steroid dienone is 2.